The highest BCUT2D eigenvalue weighted by atomic mass is 32.2. The van der Waals surface area contributed by atoms with Crippen molar-refractivity contribution in [1.29, 1.82) is 0 Å². The van der Waals surface area contributed by atoms with Crippen molar-refractivity contribution in [2.75, 3.05) is 13.7 Å². The first-order valence-electron chi connectivity index (χ1n) is 20.9. The molecule has 4 amide bonds. The summed E-state index contributed by atoms with van der Waals surface area (Å²) in [5.41, 5.74) is 0.798. The number of benzene rings is 2. The summed E-state index contributed by atoms with van der Waals surface area (Å²) in [7, 11) is -2.32. The normalized spacial score (nSPS) is 25.9. The van der Waals surface area contributed by atoms with E-state index in [1.54, 1.807) is 11.9 Å². The van der Waals surface area contributed by atoms with Crippen LogP contribution in [-0.4, -0.2) is 94.3 Å². The minimum absolute atomic E-state index is 0.0118. The summed E-state index contributed by atoms with van der Waals surface area (Å²) in [6.45, 7) is 13.0. The van der Waals surface area contributed by atoms with Crippen molar-refractivity contribution in [3.05, 3.63) is 66.7 Å². The van der Waals surface area contributed by atoms with Gasteiger partial charge in [0.25, 0.3) is 5.91 Å². The van der Waals surface area contributed by atoms with Gasteiger partial charge in [-0.3, -0.25) is 19.1 Å². The Morgan fingerprint density at radius 1 is 1.02 bits per heavy atom. The van der Waals surface area contributed by atoms with Crippen molar-refractivity contribution in [1.82, 2.24) is 35.2 Å². The van der Waals surface area contributed by atoms with E-state index in [1.165, 1.54) is 11.0 Å². The first kappa shape index (κ1) is 42.9. The number of amides is 4. The summed E-state index contributed by atoms with van der Waals surface area (Å²) in [6.07, 6.45) is 5.99. The molecular weight excluding hydrogens is 787 g/mol. The standard InChI is InChI=1S/C44H57N7O8S/c1-8-30-25-44(30,40(54)49-60(56,57)33-20-21-33)46-38(52)34-24-31-26-50(34)39(53)37(42(2,3)4)45-41(55)59-43(5,6)22-11-9-10-13-27-14-12-15-29(23-27)36-35(47-51(31)48-36)28-16-18-32(58-7)19-17-28/h8,12,14-19,23,30-31,33-34,37H,1,9-11,13,20-22,24-26H2,2-7H3,(H,45,55)(H,46,52)(H,49,54)/t30-,31-,34+,37-,44-/m1/s1. The smallest absolute Gasteiger partial charge is 0.408 e. The van der Waals surface area contributed by atoms with E-state index in [0.29, 0.717) is 36.4 Å². The van der Waals surface area contributed by atoms with Crippen LogP contribution in [0.3, 0.4) is 0 Å². The Morgan fingerprint density at radius 2 is 1.72 bits per heavy atom. The number of nitrogens with zero attached hydrogens (tertiary/aromatic N) is 4. The lowest BCUT2D eigenvalue weighted by Gasteiger charge is -2.36. The molecule has 0 unspecified atom stereocenters. The summed E-state index contributed by atoms with van der Waals surface area (Å²) in [6, 6.07) is 12.8. The van der Waals surface area contributed by atoms with Crippen molar-refractivity contribution in [3.8, 4) is 28.3 Å². The van der Waals surface area contributed by atoms with Crippen molar-refractivity contribution in [2.45, 2.75) is 127 Å². The first-order valence-corrected chi connectivity index (χ1v) is 22.4. The molecule has 4 aliphatic rings. The molecular formula is C44H57N7O8S. The van der Waals surface area contributed by atoms with Crippen LogP contribution in [0.4, 0.5) is 4.79 Å². The molecule has 5 atom stereocenters. The maximum Gasteiger partial charge on any atom is 0.408 e. The number of hydrogen-bond donors (Lipinski definition) is 3. The van der Waals surface area contributed by atoms with Crippen LogP contribution >= 0.6 is 0 Å². The molecule has 3 N–H and O–H groups in total. The fourth-order valence-corrected chi connectivity index (χ4v) is 9.67. The number of methoxy groups -OCH3 is 1. The van der Waals surface area contributed by atoms with Crippen LogP contribution in [0.25, 0.3) is 22.5 Å². The first-order chi connectivity index (χ1) is 28.3. The van der Waals surface area contributed by atoms with Crippen LogP contribution in [0.1, 0.15) is 97.6 Å². The van der Waals surface area contributed by atoms with E-state index in [9.17, 15) is 27.6 Å². The highest BCUT2D eigenvalue weighted by molar-refractivity contribution is 7.91. The van der Waals surface area contributed by atoms with E-state index in [0.717, 1.165) is 42.4 Å². The second-order valence-electron chi connectivity index (χ2n) is 18.4. The van der Waals surface area contributed by atoms with Gasteiger partial charge in [-0.2, -0.15) is 15.0 Å². The van der Waals surface area contributed by atoms with Gasteiger partial charge in [0, 0.05) is 30.0 Å². The molecule has 3 fully saturated rings. The van der Waals surface area contributed by atoms with E-state index in [2.05, 4.69) is 34.1 Å². The third-order valence-corrected chi connectivity index (χ3v) is 13.9. The molecule has 322 valence electrons. The van der Waals surface area contributed by atoms with Gasteiger partial charge in [0.2, 0.25) is 21.8 Å². The van der Waals surface area contributed by atoms with Gasteiger partial charge in [0.05, 0.1) is 18.4 Å². The number of rotatable bonds is 8. The predicted molar refractivity (Wildman–Crippen MR) is 225 cm³/mol. The van der Waals surface area contributed by atoms with Crippen LogP contribution in [0.5, 0.6) is 5.75 Å². The molecule has 0 spiro atoms. The number of alkyl carbamates (subject to hydrolysis) is 1. The summed E-state index contributed by atoms with van der Waals surface area (Å²) < 4.78 is 39.2. The second kappa shape index (κ2) is 16.3. The Labute approximate surface area is 352 Å². The maximum atomic E-state index is 14.9. The van der Waals surface area contributed by atoms with E-state index in [1.807, 2.05) is 71.0 Å². The number of fused-ring (bicyclic) bond motifs is 8. The predicted octanol–water partition coefficient (Wildman–Crippen LogP) is 5.47. The number of aromatic nitrogens is 3. The van der Waals surface area contributed by atoms with Gasteiger partial charge in [-0.1, -0.05) is 51.5 Å². The number of carbonyl (C=O) groups is 4. The third kappa shape index (κ3) is 9.08. The Morgan fingerprint density at radius 3 is 2.35 bits per heavy atom. The molecule has 60 heavy (non-hydrogen) atoms. The van der Waals surface area contributed by atoms with Crippen molar-refractivity contribution >= 4 is 33.8 Å². The monoisotopic (exact) mass is 843 g/mol. The minimum Gasteiger partial charge on any atom is -0.497 e. The van der Waals surface area contributed by atoms with Gasteiger partial charge in [0.15, 0.2) is 0 Å². The fourth-order valence-electron chi connectivity index (χ4n) is 8.31. The number of nitrogens with one attached hydrogen (secondary N) is 3. The SMILES string of the molecule is C=C[C@@H]1C[C@]1(NC(=O)[C@@H]1C[C@@H]2CN1C(=O)[C@H](C(C)(C)C)NC(=O)OC(C)(C)CCCCCc1cccc(c1)-c1nn2nc1-c1ccc(OC)cc1)C(=O)NS(=O)(=O)C1CC1. The molecule has 3 aromatic rings. The van der Waals surface area contributed by atoms with Crippen LogP contribution in [0.15, 0.2) is 61.2 Å². The van der Waals surface area contributed by atoms with Gasteiger partial charge in [-0.15, -0.1) is 6.58 Å². The topological polar surface area (TPSA) is 191 Å². The quantitative estimate of drug-likeness (QED) is 0.245. The van der Waals surface area contributed by atoms with E-state index < -0.39 is 79.7 Å². The molecule has 1 saturated heterocycles. The molecule has 7 rings (SSSR count). The average Bonchev–Trinajstić information content (AvgIpc) is 4.08. The average molecular weight is 844 g/mol. The lowest BCUT2D eigenvalue weighted by molar-refractivity contribution is -0.143. The molecule has 3 heterocycles. The molecule has 2 aliphatic carbocycles. The number of carbonyl (C=O) groups excluding carboxylic acids is 4. The summed E-state index contributed by atoms with van der Waals surface area (Å²) in [5, 5.41) is 15.1. The number of sulfonamides is 1. The van der Waals surface area contributed by atoms with E-state index >= 15 is 0 Å². The highest BCUT2D eigenvalue weighted by Gasteiger charge is 2.62. The number of ether oxygens (including phenoxy) is 2. The molecule has 0 radical (unpaired) electrons. The van der Waals surface area contributed by atoms with Crippen LogP contribution in [-0.2, 0) is 35.6 Å². The fraction of sp³-hybridized carbons (Fsp3) is 0.545. The molecule has 15 nitrogen and oxygen atoms in total. The van der Waals surface area contributed by atoms with Crippen LogP contribution < -0.4 is 20.1 Å². The van der Waals surface area contributed by atoms with Gasteiger partial charge < -0.3 is 25.0 Å². The lowest BCUT2D eigenvalue weighted by Crippen LogP contribution is -2.60. The van der Waals surface area contributed by atoms with E-state index in [-0.39, 0.29) is 19.4 Å². The molecule has 2 aromatic carbocycles. The van der Waals surface area contributed by atoms with Gasteiger partial charge >= 0.3 is 6.09 Å². The summed E-state index contributed by atoms with van der Waals surface area (Å²) in [4.78, 5) is 59.8. The second-order valence-corrected chi connectivity index (χ2v) is 20.3. The largest absolute Gasteiger partial charge is 0.497 e. The Bertz CT molecular complexity index is 2260. The van der Waals surface area contributed by atoms with E-state index in [4.69, 9.17) is 19.7 Å². The van der Waals surface area contributed by atoms with Gasteiger partial charge in [0.1, 0.15) is 40.4 Å². The van der Waals surface area contributed by atoms with Crippen molar-refractivity contribution in [2.24, 2.45) is 11.3 Å². The maximum absolute atomic E-state index is 14.9. The Balaban J connectivity index is 1.29. The number of aryl methyl sites for hydroxylation is 1. The molecule has 2 saturated carbocycles. The Kier molecular flexibility index (Phi) is 11.7. The zero-order chi connectivity index (χ0) is 43.2. The molecule has 1 aromatic heterocycles. The number of cyclic esters (lactones) is 1. The highest BCUT2D eigenvalue weighted by Crippen LogP contribution is 2.46. The van der Waals surface area contributed by atoms with Crippen molar-refractivity contribution in [3.63, 3.8) is 0 Å². The molecule has 6 bridgehead atoms. The Hall–Kier alpha value is -5.25. The minimum atomic E-state index is -3.92. The zero-order valence-corrected chi connectivity index (χ0v) is 36.1. The summed E-state index contributed by atoms with van der Waals surface area (Å²) in [5.74, 6) is -1.88. The van der Waals surface area contributed by atoms with Crippen LogP contribution in [0, 0.1) is 11.3 Å². The number of hydrogen-bond acceptors (Lipinski definition) is 10. The lowest BCUT2D eigenvalue weighted by atomic mass is 9.85. The summed E-state index contributed by atoms with van der Waals surface area (Å²) >= 11 is 0. The van der Waals surface area contributed by atoms with Gasteiger partial charge in [-0.25, -0.2) is 13.2 Å². The third-order valence-electron chi connectivity index (χ3n) is 12.1. The molecule has 2 aliphatic heterocycles. The van der Waals surface area contributed by atoms with Crippen LogP contribution in [0.2, 0.25) is 0 Å². The molecule has 16 heteroatoms. The van der Waals surface area contributed by atoms with Crippen molar-refractivity contribution < 1.29 is 37.1 Å². The zero-order valence-electron chi connectivity index (χ0n) is 35.3. The van der Waals surface area contributed by atoms with Gasteiger partial charge in [-0.05, 0) is 100 Å².